The predicted molar refractivity (Wildman–Crippen MR) is 114 cm³/mol. The molecular formula is C23H22N2O6. The Hall–Kier alpha value is -3.94. The molecule has 4 amide bonds. The number of barbiturate groups is 1. The number of carboxylic acids is 1. The summed E-state index contributed by atoms with van der Waals surface area (Å²) in [7, 11) is 0. The second kappa shape index (κ2) is 9.25. The van der Waals surface area contributed by atoms with Gasteiger partial charge in [-0.25, -0.2) is 14.5 Å². The highest BCUT2D eigenvalue weighted by molar-refractivity contribution is 6.39. The number of benzene rings is 2. The molecule has 2 N–H and O–H groups in total. The van der Waals surface area contributed by atoms with Crippen molar-refractivity contribution >= 4 is 35.6 Å². The minimum Gasteiger partial charge on any atom is -0.482 e. The van der Waals surface area contributed by atoms with E-state index in [-0.39, 0.29) is 5.57 Å². The minimum absolute atomic E-state index is 0.190. The Morgan fingerprint density at radius 1 is 1.10 bits per heavy atom. The van der Waals surface area contributed by atoms with E-state index < -0.39 is 30.4 Å². The fraction of sp³-hybridized carbons (Fsp3) is 0.217. The molecule has 8 heteroatoms. The molecule has 3 rings (SSSR count). The number of carboxylic acid groups (broad SMARTS) is 1. The van der Waals surface area contributed by atoms with Gasteiger partial charge in [-0.3, -0.25) is 14.9 Å². The van der Waals surface area contributed by atoms with Crippen LogP contribution < -0.4 is 15.0 Å². The summed E-state index contributed by atoms with van der Waals surface area (Å²) in [6.07, 6.45) is 2.33. The van der Waals surface area contributed by atoms with Gasteiger partial charge < -0.3 is 9.84 Å². The lowest BCUT2D eigenvalue weighted by atomic mass is 9.98. The molecule has 160 valence electrons. The maximum absolute atomic E-state index is 13.0. The highest BCUT2D eigenvalue weighted by Crippen LogP contribution is 2.26. The molecular weight excluding hydrogens is 400 g/mol. The second-order valence-corrected chi connectivity index (χ2v) is 7.11. The number of rotatable bonds is 7. The SMILES string of the molecule is CCC(C)c1ccc(N2C(=O)NC(=O)/C(=C\c3ccc(OCC(=O)O)cc3)C2=O)cc1. The Morgan fingerprint density at radius 2 is 1.74 bits per heavy atom. The van der Waals surface area contributed by atoms with Crippen molar-refractivity contribution in [1.82, 2.24) is 5.32 Å². The van der Waals surface area contributed by atoms with Gasteiger partial charge in [-0.15, -0.1) is 0 Å². The highest BCUT2D eigenvalue weighted by atomic mass is 16.5. The second-order valence-electron chi connectivity index (χ2n) is 7.11. The van der Waals surface area contributed by atoms with Gasteiger partial charge >= 0.3 is 12.0 Å². The van der Waals surface area contributed by atoms with Gasteiger partial charge in [-0.2, -0.15) is 0 Å². The molecule has 0 aliphatic carbocycles. The summed E-state index contributed by atoms with van der Waals surface area (Å²) in [5.74, 6) is -1.93. The fourth-order valence-electron chi connectivity index (χ4n) is 3.05. The Morgan fingerprint density at radius 3 is 2.32 bits per heavy atom. The van der Waals surface area contributed by atoms with Gasteiger partial charge in [-0.1, -0.05) is 38.1 Å². The summed E-state index contributed by atoms with van der Waals surface area (Å²) in [5, 5.41) is 10.8. The first-order chi connectivity index (χ1) is 14.8. The largest absolute Gasteiger partial charge is 0.482 e. The topological polar surface area (TPSA) is 113 Å². The zero-order valence-electron chi connectivity index (χ0n) is 17.1. The van der Waals surface area contributed by atoms with Gasteiger partial charge in [0, 0.05) is 0 Å². The van der Waals surface area contributed by atoms with E-state index in [0.29, 0.717) is 22.9 Å². The van der Waals surface area contributed by atoms with E-state index in [1.54, 1.807) is 24.3 Å². The van der Waals surface area contributed by atoms with Gasteiger partial charge in [-0.05, 0) is 53.8 Å². The Bertz CT molecular complexity index is 1040. The molecule has 31 heavy (non-hydrogen) atoms. The third kappa shape index (κ3) is 4.98. The monoisotopic (exact) mass is 422 g/mol. The maximum Gasteiger partial charge on any atom is 0.341 e. The summed E-state index contributed by atoms with van der Waals surface area (Å²) in [6.45, 7) is 3.69. The molecule has 1 atom stereocenters. The fourth-order valence-corrected chi connectivity index (χ4v) is 3.05. The Balaban J connectivity index is 1.84. The number of hydrogen-bond donors (Lipinski definition) is 2. The molecule has 0 spiro atoms. The molecule has 1 unspecified atom stereocenters. The number of nitrogens with zero attached hydrogens (tertiary/aromatic N) is 1. The summed E-state index contributed by atoms with van der Waals surface area (Å²) < 4.78 is 5.06. The average Bonchev–Trinajstić information content (AvgIpc) is 2.75. The smallest absolute Gasteiger partial charge is 0.341 e. The number of imide groups is 2. The molecule has 1 saturated heterocycles. The van der Waals surface area contributed by atoms with Crippen LogP contribution in [0.25, 0.3) is 6.08 Å². The van der Waals surface area contributed by atoms with Crippen LogP contribution >= 0.6 is 0 Å². The quantitative estimate of drug-likeness (QED) is 0.523. The van der Waals surface area contributed by atoms with Crippen LogP contribution in [0, 0.1) is 0 Å². The number of carbonyl (C=O) groups is 4. The lowest BCUT2D eigenvalue weighted by Crippen LogP contribution is -2.54. The van der Waals surface area contributed by atoms with Crippen LogP contribution in [0.3, 0.4) is 0 Å². The highest BCUT2D eigenvalue weighted by Gasteiger charge is 2.36. The van der Waals surface area contributed by atoms with Crippen molar-refractivity contribution in [3.8, 4) is 5.75 Å². The Kier molecular flexibility index (Phi) is 6.49. The van der Waals surface area contributed by atoms with Gasteiger partial charge in [0.2, 0.25) is 0 Å². The zero-order chi connectivity index (χ0) is 22.5. The van der Waals surface area contributed by atoms with E-state index in [0.717, 1.165) is 16.9 Å². The molecule has 0 saturated carbocycles. The first-order valence-corrected chi connectivity index (χ1v) is 9.76. The van der Waals surface area contributed by atoms with Crippen LogP contribution in [0.15, 0.2) is 54.1 Å². The molecule has 0 bridgehead atoms. The summed E-state index contributed by atoms with van der Waals surface area (Å²) in [4.78, 5) is 49.1. The van der Waals surface area contributed by atoms with Crippen LogP contribution in [0.1, 0.15) is 37.3 Å². The van der Waals surface area contributed by atoms with Crippen LogP contribution in [0.2, 0.25) is 0 Å². The first-order valence-electron chi connectivity index (χ1n) is 9.76. The number of anilines is 1. The molecule has 8 nitrogen and oxygen atoms in total. The van der Waals surface area contributed by atoms with Gasteiger partial charge in [0.15, 0.2) is 6.61 Å². The van der Waals surface area contributed by atoms with Crippen LogP contribution in [0.5, 0.6) is 5.75 Å². The van der Waals surface area contributed by atoms with E-state index in [4.69, 9.17) is 9.84 Å². The molecule has 1 aliphatic heterocycles. The van der Waals surface area contributed by atoms with E-state index >= 15 is 0 Å². The minimum atomic E-state index is -1.10. The summed E-state index contributed by atoms with van der Waals surface area (Å²) in [6, 6.07) is 12.5. The van der Waals surface area contributed by atoms with Crippen LogP contribution in [0.4, 0.5) is 10.5 Å². The first kappa shape index (κ1) is 21.8. The lowest BCUT2D eigenvalue weighted by Gasteiger charge is -2.26. The molecule has 1 heterocycles. The molecule has 2 aromatic carbocycles. The van der Waals surface area contributed by atoms with E-state index in [2.05, 4.69) is 19.2 Å². The molecule has 0 radical (unpaired) electrons. The average molecular weight is 422 g/mol. The lowest BCUT2D eigenvalue weighted by molar-refractivity contribution is -0.139. The zero-order valence-corrected chi connectivity index (χ0v) is 17.1. The van der Waals surface area contributed by atoms with E-state index in [1.807, 2.05) is 12.1 Å². The molecule has 1 fully saturated rings. The Labute approximate surface area is 179 Å². The third-order valence-electron chi connectivity index (χ3n) is 4.99. The van der Waals surface area contributed by atoms with Gasteiger partial charge in [0.25, 0.3) is 11.8 Å². The number of carbonyl (C=O) groups excluding carboxylic acids is 3. The molecule has 1 aliphatic rings. The number of nitrogens with one attached hydrogen (secondary N) is 1. The summed E-state index contributed by atoms with van der Waals surface area (Å²) in [5.41, 5.74) is 1.78. The number of amides is 4. The number of aliphatic carboxylic acids is 1. The maximum atomic E-state index is 13.0. The van der Waals surface area contributed by atoms with Gasteiger partial charge in [0.1, 0.15) is 11.3 Å². The van der Waals surface area contributed by atoms with Crippen molar-refractivity contribution in [2.45, 2.75) is 26.2 Å². The van der Waals surface area contributed by atoms with Crippen LogP contribution in [-0.4, -0.2) is 35.5 Å². The molecule has 0 aromatic heterocycles. The van der Waals surface area contributed by atoms with Crippen molar-refractivity contribution in [3.63, 3.8) is 0 Å². The van der Waals surface area contributed by atoms with Crippen molar-refractivity contribution in [2.24, 2.45) is 0 Å². The van der Waals surface area contributed by atoms with E-state index in [1.165, 1.54) is 18.2 Å². The number of ether oxygens (including phenoxy) is 1. The van der Waals surface area contributed by atoms with Crippen molar-refractivity contribution < 1.29 is 29.0 Å². The van der Waals surface area contributed by atoms with E-state index in [9.17, 15) is 19.2 Å². The third-order valence-corrected chi connectivity index (χ3v) is 4.99. The van der Waals surface area contributed by atoms with Crippen molar-refractivity contribution in [2.75, 3.05) is 11.5 Å². The van der Waals surface area contributed by atoms with Crippen molar-refractivity contribution in [3.05, 3.63) is 65.2 Å². The predicted octanol–water partition coefficient (Wildman–Crippen LogP) is 3.33. The molecule has 2 aromatic rings. The van der Waals surface area contributed by atoms with Gasteiger partial charge in [0.05, 0.1) is 5.69 Å². The van der Waals surface area contributed by atoms with Crippen molar-refractivity contribution in [1.29, 1.82) is 0 Å². The van der Waals surface area contributed by atoms with Crippen LogP contribution in [-0.2, 0) is 14.4 Å². The number of hydrogen-bond acceptors (Lipinski definition) is 5. The standard InChI is InChI=1S/C23H22N2O6/c1-3-14(2)16-6-8-17(9-7-16)25-22(29)19(21(28)24-23(25)30)12-15-4-10-18(11-5-15)31-13-20(26)27/h4-12,14H,3,13H2,1-2H3,(H,26,27)(H,24,28,30)/b19-12+. The summed E-state index contributed by atoms with van der Waals surface area (Å²) >= 11 is 0. The number of urea groups is 1. The normalized spacial score (nSPS) is 16.3.